The minimum absolute atomic E-state index is 0.0684. The molecule has 1 fully saturated rings. The Morgan fingerprint density at radius 1 is 1.45 bits per heavy atom. The Kier molecular flexibility index (Phi) is 3.67. The molecule has 20 heavy (non-hydrogen) atoms. The van der Waals surface area contributed by atoms with Crippen molar-refractivity contribution in [1.29, 1.82) is 0 Å². The fourth-order valence-electron chi connectivity index (χ4n) is 2.25. The van der Waals surface area contributed by atoms with Crippen molar-refractivity contribution in [3.8, 4) is 0 Å². The van der Waals surface area contributed by atoms with E-state index in [2.05, 4.69) is 28.1 Å². The van der Waals surface area contributed by atoms with E-state index in [0.717, 1.165) is 17.3 Å². The summed E-state index contributed by atoms with van der Waals surface area (Å²) >= 11 is 2.83. The van der Waals surface area contributed by atoms with E-state index in [0.29, 0.717) is 5.75 Å². The number of carbonyl (C=O) groups is 2. The maximum atomic E-state index is 12.1. The zero-order chi connectivity index (χ0) is 14.1. The Morgan fingerprint density at radius 3 is 3.00 bits per heavy atom. The van der Waals surface area contributed by atoms with E-state index in [1.165, 1.54) is 10.1 Å². The molecule has 104 valence electrons. The van der Waals surface area contributed by atoms with Crippen molar-refractivity contribution in [2.24, 2.45) is 0 Å². The molecule has 2 N–H and O–H groups in total. The van der Waals surface area contributed by atoms with Gasteiger partial charge in [-0.3, -0.25) is 9.59 Å². The van der Waals surface area contributed by atoms with Gasteiger partial charge in [-0.05, 0) is 29.3 Å². The van der Waals surface area contributed by atoms with Crippen molar-refractivity contribution in [2.45, 2.75) is 19.0 Å². The van der Waals surface area contributed by atoms with Crippen LogP contribution in [0.2, 0.25) is 0 Å². The van der Waals surface area contributed by atoms with Gasteiger partial charge >= 0.3 is 0 Å². The van der Waals surface area contributed by atoms with Crippen molar-refractivity contribution in [2.75, 3.05) is 5.75 Å². The van der Waals surface area contributed by atoms with Gasteiger partial charge in [0.25, 0.3) is 5.24 Å². The van der Waals surface area contributed by atoms with Crippen LogP contribution in [0.5, 0.6) is 0 Å². The van der Waals surface area contributed by atoms with E-state index in [4.69, 9.17) is 0 Å². The summed E-state index contributed by atoms with van der Waals surface area (Å²) in [5.74, 6) is 0.382. The van der Waals surface area contributed by atoms with Crippen LogP contribution in [0.1, 0.15) is 18.5 Å². The van der Waals surface area contributed by atoms with Crippen molar-refractivity contribution in [1.82, 2.24) is 10.6 Å². The summed E-state index contributed by atoms with van der Waals surface area (Å²) in [6, 6.07) is 7.67. The van der Waals surface area contributed by atoms with Gasteiger partial charge in [-0.25, -0.2) is 0 Å². The summed E-state index contributed by atoms with van der Waals surface area (Å²) in [6.07, 6.45) is 0. The van der Waals surface area contributed by atoms with Crippen LogP contribution in [0.3, 0.4) is 0 Å². The van der Waals surface area contributed by atoms with E-state index in [1.807, 2.05) is 19.1 Å². The molecule has 0 spiro atoms. The number of carbonyl (C=O) groups excluding carboxylic acids is 2. The lowest BCUT2D eigenvalue weighted by Crippen LogP contribution is -2.43. The Balaban J connectivity index is 1.74. The van der Waals surface area contributed by atoms with E-state index in [9.17, 15) is 9.59 Å². The highest BCUT2D eigenvalue weighted by atomic mass is 32.2. The van der Waals surface area contributed by atoms with Gasteiger partial charge < -0.3 is 10.6 Å². The number of fused-ring (bicyclic) bond motifs is 1. The molecule has 0 bridgehead atoms. The fourth-order valence-corrected chi connectivity index (χ4v) is 4.08. The predicted molar refractivity (Wildman–Crippen MR) is 83.2 cm³/mol. The normalized spacial score (nSPS) is 19.9. The second-order valence-corrected chi connectivity index (χ2v) is 6.62. The molecule has 1 aliphatic rings. The third kappa shape index (κ3) is 2.53. The average Bonchev–Trinajstić information content (AvgIpc) is 3.04. The average molecular weight is 306 g/mol. The lowest BCUT2D eigenvalue weighted by Gasteiger charge is -2.16. The molecule has 1 aromatic heterocycles. The van der Waals surface area contributed by atoms with Gasteiger partial charge in [0.2, 0.25) is 5.91 Å². The molecule has 2 unspecified atom stereocenters. The topological polar surface area (TPSA) is 58.2 Å². The summed E-state index contributed by atoms with van der Waals surface area (Å²) < 4.78 is 1.22. The van der Waals surface area contributed by atoms with E-state index >= 15 is 0 Å². The number of rotatable bonds is 3. The molecule has 1 aromatic carbocycles. The second kappa shape index (κ2) is 5.46. The Morgan fingerprint density at radius 2 is 2.25 bits per heavy atom. The summed E-state index contributed by atoms with van der Waals surface area (Å²) in [7, 11) is 0. The molecule has 4 nitrogen and oxygen atoms in total. The Hall–Kier alpha value is -1.53. The van der Waals surface area contributed by atoms with Crippen LogP contribution in [0.4, 0.5) is 4.79 Å². The quantitative estimate of drug-likeness (QED) is 0.916. The number of thioether (sulfide) groups is 1. The first kappa shape index (κ1) is 13.5. The predicted octanol–water partition coefficient (Wildman–Crippen LogP) is 2.90. The lowest BCUT2D eigenvalue weighted by atomic mass is 10.1. The molecular weight excluding hydrogens is 292 g/mol. The van der Waals surface area contributed by atoms with Crippen LogP contribution in [-0.2, 0) is 4.79 Å². The molecule has 0 aliphatic carbocycles. The molecule has 0 saturated carbocycles. The standard InChI is InChI=1S/C14H14N2O2S2/c1-8(15-13(17)11-7-20-14(18)16-11)10-6-19-12-5-3-2-4-9(10)12/h2-6,8,11H,7H2,1H3,(H,15,17)(H,16,18). The van der Waals surface area contributed by atoms with Gasteiger partial charge in [0.05, 0.1) is 6.04 Å². The zero-order valence-electron chi connectivity index (χ0n) is 10.9. The van der Waals surface area contributed by atoms with Gasteiger partial charge in [-0.2, -0.15) is 0 Å². The van der Waals surface area contributed by atoms with Crippen LogP contribution in [0.15, 0.2) is 29.6 Å². The van der Waals surface area contributed by atoms with Gasteiger partial charge in [-0.1, -0.05) is 30.0 Å². The number of amides is 2. The van der Waals surface area contributed by atoms with E-state index in [-0.39, 0.29) is 17.2 Å². The summed E-state index contributed by atoms with van der Waals surface area (Å²) in [6.45, 7) is 1.97. The third-order valence-electron chi connectivity index (χ3n) is 3.33. The van der Waals surface area contributed by atoms with E-state index < -0.39 is 6.04 Å². The first-order valence-electron chi connectivity index (χ1n) is 6.35. The number of hydrogen-bond donors (Lipinski definition) is 2. The molecular formula is C14H14N2O2S2. The smallest absolute Gasteiger partial charge is 0.279 e. The zero-order valence-corrected chi connectivity index (χ0v) is 12.5. The molecule has 2 atom stereocenters. The highest BCUT2D eigenvalue weighted by Crippen LogP contribution is 2.30. The monoisotopic (exact) mass is 306 g/mol. The fraction of sp³-hybridized carbons (Fsp3) is 0.286. The van der Waals surface area contributed by atoms with Crippen LogP contribution >= 0.6 is 23.1 Å². The van der Waals surface area contributed by atoms with Crippen LogP contribution < -0.4 is 10.6 Å². The first-order chi connectivity index (χ1) is 9.65. The summed E-state index contributed by atoms with van der Waals surface area (Å²) in [5.41, 5.74) is 1.12. The maximum absolute atomic E-state index is 12.1. The minimum Gasteiger partial charge on any atom is -0.348 e. The van der Waals surface area contributed by atoms with Crippen LogP contribution in [0.25, 0.3) is 10.1 Å². The Bertz CT molecular complexity index is 668. The number of benzene rings is 1. The maximum Gasteiger partial charge on any atom is 0.279 e. The first-order valence-corrected chi connectivity index (χ1v) is 8.21. The van der Waals surface area contributed by atoms with Crippen LogP contribution in [-0.4, -0.2) is 22.9 Å². The van der Waals surface area contributed by atoms with Crippen molar-refractivity contribution in [3.63, 3.8) is 0 Å². The number of hydrogen-bond acceptors (Lipinski definition) is 4. The highest BCUT2D eigenvalue weighted by molar-refractivity contribution is 8.14. The van der Waals surface area contributed by atoms with Crippen molar-refractivity contribution < 1.29 is 9.59 Å². The summed E-state index contributed by atoms with van der Waals surface area (Å²) in [4.78, 5) is 23.2. The molecule has 3 rings (SSSR count). The highest BCUT2D eigenvalue weighted by Gasteiger charge is 2.29. The SMILES string of the molecule is CC(NC(=O)C1CSC(=O)N1)c1csc2ccccc12. The largest absolute Gasteiger partial charge is 0.348 e. The molecule has 6 heteroatoms. The van der Waals surface area contributed by atoms with Gasteiger partial charge in [-0.15, -0.1) is 11.3 Å². The molecule has 1 saturated heterocycles. The molecule has 1 aliphatic heterocycles. The molecule has 2 heterocycles. The van der Waals surface area contributed by atoms with Crippen molar-refractivity contribution >= 4 is 44.3 Å². The molecule has 0 radical (unpaired) electrons. The van der Waals surface area contributed by atoms with Gasteiger partial charge in [0, 0.05) is 10.5 Å². The third-order valence-corrected chi connectivity index (χ3v) is 5.19. The van der Waals surface area contributed by atoms with Crippen LogP contribution in [0, 0.1) is 0 Å². The van der Waals surface area contributed by atoms with Crippen molar-refractivity contribution in [3.05, 3.63) is 35.2 Å². The Labute approximate surface area is 124 Å². The lowest BCUT2D eigenvalue weighted by molar-refractivity contribution is -0.122. The minimum atomic E-state index is -0.417. The van der Waals surface area contributed by atoms with Gasteiger partial charge in [0.15, 0.2) is 0 Å². The number of nitrogens with one attached hydrogen (secondary N) is 2. The second-order valence-electron chi connectivity index (χ2n) is 4.71. The van der Waals surface area contributed by atoms with Gasteiger partial charge in [0.1, 0.15) is 6.04 Å². The van der Waals surface area contributed by atoms with E-state index in [1.54, 1.807) is 11.3 Å². The summed E-state index contributed by atoms with van der Waals surface area (Å²) in [5, 5.41) is 8.76. The molecule has 2 aromatic rings. The molecule has 2 amide bonds. The number of thiophene rings is 1.